The monoisotopic (exact) mass is 274 g/mol. The van der Waals surface area contributed by atoms with E-state index in [1.807, 2.05) is 54.7 Å². The summed E-state index contributed by atoms with van der Waals surface area (Å²) < 4.78 is 1.78. The lowest BCUT2D eigenvalue weighted by Gasteiger charge is -1.98. The Hall–Kier alpha value is -2.94. The van der Waals surface area contributed by atoms with Gasteiger partial charge >= 0.3 is 0 Å². The summed E-state index contributed by atoms with van der Waals surface area (Å²) in [6.07, 6.45) is 6.98. The highest BCUT2D eigenvalue weighted by Crippen LogP contribution is 2.09. The molecule has 0 unspecified atom stereocenters. The molecule has 0 saturated heterocycles. The molecule has 0 aliphatic rings. The quantitative estimate of drug-likeness (QED) is 0.536. The van der Waals surface area contributed by atoms with Gasteiger partial charge in [0.1, 0.15) is 0 Å². The summed E-state index contributed by atoms with van der Waals surface area (Å²) in [5.74, 6) is -0.0111. The lowest BCUT2D eigenvalue weighted by Crippen LogP contribution is -1.93. The van der Waals surface area contributed by atoms with Crippen LogP contribution in [0.2, 0.25) is 0 Å². The highest BCUT2D eigenvalue weighted by Gasteiger charge is 2.01. The Bertz CT molecular complexity index is 758. The summed E-state index contributed by atoms with van der Waals surface area (Å²) >= 11 is 0. The van der Waals surface area contributed by atoms with Crippen molar-refractivity contribution in [2.75, 3.05) is 0 Å². The van der Waals surface area contributed by atoms with E-state index < -0.39 is 0 Å². The number of nitrogens with zero attached hydrogens (tertiary/aromatic N) is 2. The van der Waals surface area contributed by atoms with E-state index in [2.05, 4.69) is 5.10 Å². The van der Waals surface area contributed by atoms with Gasteiger partial charge in [-0.3, -0.25) is 4.79 Å². The summed E-state index contributed by atoms with van der Waals surface area (Å²) in [6.45, 7) is 0. The molecule has 1 heterocycles. The predicted octanol–water partition coefficient (Wildman–Crippen LogP) is 3.77. The molecule has 0 aliphatic heterocycles. The zero-order valence-electron chi connectivity index (χ0n) is 11.4. The normalized spacial score (nSPS) is 10.9. The van der Waals surface area contributed by atoms with Crippen LogP contribution in [0.3, 0.4) is 0 Å². The van der Waals surface area contributed by atoms with Crippen molar-refractivity contribution in [1.29, 1.82) is 0 Å². The molecule has 102 valence electrons. The van der Waals surface area contributed by atoms with E-state index >= 15 is 0 Å². The van der Waals surface area contributed by atoms with Gasteiger partial charge in [0, 0.05) is 17.3 Å². The minimum absolute atomic E-state index is 0.0111. The second-order valence-corrected chi connectivity index (χ2v) is 4.62. The van der Waals surface area contributed by atoms with Crippen LogP contribution < -0.4 is 0 Å². The first-order chi connectivity index (χ1) is 10.3. The van der Waals surface area contributed by atoms with Crippen LogP contribution >= 0.6 is 0 Å². The van der Waals surface area contributed by atoms with E-state index in [4.69, 9.17) is 0 Å². The molecule has 0 N–H and O–H groups in total. The largest absolute Gasteiger partial charge is 0.289 e. The fourth-order valence-corrected chi connectivity index (χ4v) is 2.02. The first kappa shape index (κ1) is 13.1. The molecule has 0 bridgehead atoms. The molecule has 0 fully saturated rings. The third-order valence-electron chi connectivity index (χ3n) is 3.11. The van der Waals surface area contributed by atoms with Gasteiger partial charge in [0.2, 0.25) is 0 Å². The topological polar surface area (TPSA) is 34.9 Å². The van der Waals surface area contributed by atoms with Crippen molar-refractivity contribution in [3.8, 4) is 5.69 Å². The Kier molecular flexibility index (Phi) is 3.74. The summed E-state index contributed by atoms with van der Waals surface area (Å²) in [5.41, 5.74) is 2.57. The average molecular weight is 274 g/mol. The molecule has 0 atom stereocenters. The van der Waals surface area contributed by atoms with Crippen molar-refractivity contribution in [1.82, 2.24) is 9.78 Å². The molecule has 3 heteroatoms. The van der Waals surface area contributed by atoms with E-state index in [1.165, 1.54) is 0 Å². The minimum atomic E-state index is -0.0111. The molecule has 1 aromatic heterocycles. The molecule has 0 radical (unpaired) electrons. The first-order valence-electron chi connectivity index (χ1n) is 6.70. The van der Waals surface area contributed by atoms with Gasteiger partial charge in [-0.25, -0.2) is 4.68 Å². The van der Waals surface area contributed by atoms with Gasteiger partial charge in [-0.1, -0.05) is 48.5 Å². The van der Waals surface area contributed by atoms with Crippen LogP contribution in [0.15, 0.2) is 79.1 Å². The van der Waals surface area contributed by atoms with Gasteiger partial charge in [0.05, 0.1) is 11.9 Å². The van der Waals surface area contributed by atoms with Gasteiger partial charge in [-0.05, 0) is 24.3 Å². The SMILES string of the molecule is O=C(/C=C/c1cnn(-c2ccccc2)c1)c1ccccc1. The van der Waals surface area contributed by atoms with Crippen molar-refractivity contribution in [3.05, 3.63) is 90.3 Å². The van der Waals surface area contributed by atoms with Crippen LogP contribution in [0.4, 0.5) is 0 Å². The molecule has 0 saturated carbocycles. The molecule has 21 heavy (non-hydrogen) atoms. The van der Waals surface area contributed by atoms with Crippen LogP contribution in [-0.4, -0.2) is 15.6 Å². The number of rotatable bonds is 4. The van der Waals surface area contributed by atoms with Crippen molar-refractivity contribution in [3.63, 3.8) is 0 Å². The number of allylic oxidation sites excluding steroid dienone is 1. The van der Waals surface area contributed by atoms with Crippen molar-refractivity contribution >= 4 is 11.9 Å². The van der Waals surface area contributed by atoms with E-state index in [0.717, 1.165) is 11.3 Å². The number of ketones is 1. The second kappa shape index (κ2) is 6.01. The van der Waals surface area contributed by atoms with Crippen LogP contribution in [0.25, 0.3) is 11.8 Å². The number of para-hydroxylation sites is 1. The fraction of sp³-hybridized carbons (Fsp3) is 0. The molecule has 0 amide bonds. The first-order valence-corrected chi connectivity index (χ1v) is 6.70. The zero-order chi connectivity index (χ0) is 14.5. The Balaban J connectivity index is 1.76. The average Bonchev–Trinajstić information content (AvgIpc) is 3.03. The highest BCUT2D eigenvalue weighted by molar-refractivity contribution is 6.06. The van der Waals surface area contributed by atoms with Crippen molar-refractivity contribution in [2.24, 2.45) is 0 Å². The highest BCUT2D eigenvalue weighted by atomic mass is 16.1. The molecule has 3 nitrogen and oxygen atoms in total. The maximum Gasteiger partial charge on any atom is 0.185 e. The fourth-order valence-electron chi connectivity index (χ4n) is 2.02. The minimum Gasteiger partial charge on any atom is -0.289 e. The van der Waals surface area contributed by atoms with Gasteiger partial charge in [0.15, 0.2) is 5.78 Å². The van der Waals surface area contributed by atoms with Crippen molar-refractivity contribution < 1.29 is 4.79 Å². The number of carbonyl (C=O) groups is 1. The molecule has 0 spiro atoms. The van der Waals surface area contributed by atoms with Crippen LogP contribution in [0.5, 0.6) is 0 Å². The lowest BCUT2D eigenvalue weighted by molar-refractivity contribution is 0.104. The Morgan fingerprint density at radius 1 is 0.952 bits per heavy atom. The predicted molar refractivity (Wildman–Crippen MR) is 83.4 cm³/mol. The summed E-state index contributed by atoms with van der Waals surface area (Å²) in [5, 5.41) is 4.29. The Morgan fingerprint density at radius 2 is 1.62 bits per heavy atom. The van der Waals surface area contributed by atoms with Crippen LogP contribution in [0, 0.1) is 0 Å². The molecule has 3 rings (SSSR count). The van der Waals surface area contributed by atoms with Crippen LogP contribution in [0.1, 0.15) is 15.9 Å². The maximum atomic E-state index is 12.0. The summed E-state index contributed by atoms with van der Waals surface area (Å²) in [6, 6.07) is 19.1. The standard InChI is InChI=1S/C18H14N2O/c21-18(16-7-3-1-4-8-16)12-11-15-13-19-20(14-15)17-9-5-2-6-10-17/h1-14H/b12-11+. The van der Waals surface area contributed by atoms with E-state index in [-0.39, 0.29) is 5.78 Å². The van der Waals surface area contributed by atoms with E-state index in [0.29, 0.717) is 5.56 Å². The molecule has 3 aromatic rings. The van der Waals surface area contributed by atoms with Gasteiger partial charge in [-0.15, -0.1) is 0 Å². The second-order valence-electron chi connectivity index (χ2n) is 4.62. The Labute approximate surface area is 123 Å². The molecule has 0 aliphatic carbocycles. The third-order valence-corrected chi connectivity index (χ3v) is 3.11. The summed E-state index contributed by atoms with van der Waals surface area (Å²) in [7, 11) is 0. The number of benzene rings is 2. The maximum absolute atomic E-state index is 12.0. The molecular weight excluding hydrogens is 260 g/mol. The number of hydrogen-bond acceptors (Lipinski definition) is 2. The zero-order valence-corrected chi connectivity index (χ0v) is 11.4. The molecule has 2 aromatic carbocycles. The number of hydrogen-bond donors (Lipinski definition) is 0. The summed E-state index contributed by atoms with van der Waals surface area (Å²) in [4.78, 5) is 12.0. The van der Waals surface area contributed by atoms with Crippen molar-refractivity contribution in [2.45, 2.75) is 0 Å². The number of aromatic nitrogens is 2. The lowest BCUT2D eigenvalue weighted by atomic mass is 10.1. The molecular formula is C18H14N2O. The van der Waals surface area contributed by atoms with Crippen LogP contribution in [-0.2, 0) is 0 Å². The smallest absolute Gasteiger partial charge is 0.185 e. The van der Waals surface area contributed by atoms with E-state index in [1.54, 1.807) is 35.2 Å². The number of carbonyl (C=O) groups excluding carboxylic acids is 1. The van der Waals surface area contributed by atoms with Gasteiger partial charge in [0.25, 0.3) is 0 Å². The Morgan fingerprint density at radius 3 is 2.33 bits per heavy atom. The third kappa shape index (κ3) is 3.15. The van der Waals surface area contributed by atoms with Gasteiger partial charge in [-0.2, -0.15) is 5.10 Å². The van der Waals surface area contributed by atoms with E-state index in [9.17, 15) is 4.79 Å². The van der Waals surface area contributed by atoms with Gasteiger partial charge < -0.3 is 0 Å².